The molecule has 8 nitrogen and oxygen atoms in total. The number of fused-ring (bicyclic) bond motifs is 3. The first-order valence-electron chi connectivity index (χ1n) is 19.1. The summed E-state index contributed by atoms with van der Waals surface area (Å²) in [6.45, 7) is 13.9. The highest BCUT2D eigenvalue weighted by Gasteiger charge is 2.40. The summed E-state index contributed by atoms with van der Waals surface area (Å²) in [5.74, 6) is 2.82. The molecule has 55 heavy (non-hydrogen) atoms. The predicted molar refractivity (Wildman–Crippen MR) is 229 cm³/mol. The number of likely N-dealkylation sites (tertiary alicyclic amines) is 1. The second kappa shape index (κ2) is 17.2. The molecule has 1 atom stereocenters. The molecule has 1 aliphatic rings. The number of hydrogen-bond donors (Lipinski definition) is 0. The van der Waals surface area contributed by atoms with Crippen molar-refractivity contribution in [2.75, 3.05) is 38.4 Å². The number of benzene rings is 5. The molecular weight excluding hydrogens is 729 g/mol. The lowest BCUT2D eigenvalue weighted by molar-refractivity contribution is -0.385. The summed E-state index contributed by atoms with van der Waals surface area (Å²) >= 11 is 3.66. The third-order valence-electron chi connectivity index (χ3n) is 11.2. The Morgan fingerprint density at radius 1 is 0.836 bits per heavy atom. The fraction of sp³-hybridized carbons (Fsp3) is 0.400. The molecule has 0 spiro atoms. The van der Waals surface area contributed by atoms with Gasteiger partial charge >= 0.3 is 0 Å². The summed E-state index contributed by atoms with van der Waals surface area (Å²) in [5.41, 5.74) is 1.23. The molecule has 290 valence electrons. The van der Waals surface area contributed by atoms with Gasteiger partial charge in [0.1, 0.15) is 11.3 Å². The van der Waals surface area contributed by atoms with Crippen molar-refractivity contribution in [2.45, 2.75) is 65.0 Å². The number of methoxy groups -OCH3 is 1. The first kappa shape index (κ1) is 40.3. The van der Waals surface area contributed by atoms with E-state index in [-0.39, 0.29) is 51.3 Å². The van der Waals surface area contributed by atoms with Gasteiger partial charge in [-0.25, -0.2) is 0 Å². The molecule has 1 fully saturated rings. The van der Waals surface area contributed by atoms with Crippen molar-refractivity contribution in [3.8, 4) is 28.4 Å². The molecular formula is C45H52N2O6S2. The normalized spacial score (nSPS) is 14.8. The Balaban J connectivity index is 1.15. The average Bonchev–Trinajstić information content (AvgIpc) is 3.68. The topological polar surface area (TPSA) is 91.1 Å². The van der Waals surface area contributed by atoms with Crippen molar-refractivity contribution in [3.63, 3.8) is 0 Å². The Labute approximate surface area is 333 Å². The SMILES string of the molecule is CCSC(SCC)[C@@H]1CCCN1C(=O)c1cc(OC)c(OCC(C)(C)C(C)(C)COc2ccc(-c3cc4ccccc4c4ccccc34)cc2)cc1[N+](=O)[O-]. The number of nitro groups is 1. The van der Waals surface area contributed by atoms with Crippen LogP contribution in [0, 0.1) is 20.9 Å². The van der Waals surface area contributed by atoms with E-state index in [1.165, 1.54) is 46.4 Å². The molecule has 10 heteroatoms. The lowest BCUT2D eigenvalue weighted by Gasteiger charge is -2.41. The first-order valence-corrected chi connectivity index (χ1v) is 21.2. The first-order chi connectivity index (χ1) is 26.4. The predicted octanol–water partition coefficient (Wildman–Crippen LogP) is 11.5. The molecule has 0 saturated carbocycles. The van der Waals surface area contributed by atoms with E-state index in [0.29, 0.717) is 13.2 Å². The number of amides is 1. The standard InChI is InChI=1S/C45H52N2O6S2/c1-8-54-43(55-9-2)38-19-14-24-46(38)42(48)37-26-40(51-7)41(27-39(37)47(49)50)53-29-45(5,6)44(3,4)28-52-32-22-20-30(21-23-32)36-25-31-15-10-11-16-33(31)34-17-12-13-18-35(34)36/h10-13,15-18,20-23,25-27,38,43H,8-9,14,19,24,28-29H2,1-7H3/t38-/m0/s1. The number of thioether (sulfide) groups is 2. The van der Waals surface area contributed by atoms with Crippen molar-refractivity contribution < 1.29 is 23.9 Å². The van der Waals surface area contributed by atoms with E-state index in [4.69, 9.17) is 14.2 Å². The summed E-state index contributed by atoms with van der Waals surface area (Å²) in [6.07, 6.45) is 1.75. The monoisotopic (exact) mass is 780 g/mol. The van der Waals surface area contributed by atoms with Crippen LogP contribution in [0.25, 0.3) is 32.7 Å². The van der Waals surface area contributed by atoms with Crippen LogP contribution in [-0.2, 0) is 0 Å². The molecule has 1 amide bonds. The molecule has 0 bridgehead atoms. The summed E-state index contributed by atoms with van der Waals surface area (Å²) in [7, 11) is 1.49. The van der Waals surface area contributed by atoms with Crippen molar-refractivity contribution in [1.29, 1.82) is 0 Å². The quantitative estimate of drug-likeness (QED) is 0.0423. The minimum Gasteiger partial charge on any atom is -0.493 e. The van der Waals surface area contributed by atoms with E-state index < -0.39 is 10.3 Å². The van der Waals surface area contributed by atoms with Gasteiger partial charge in [0.25, 0.3) is 11.6 Å². The minimum absolute atomic E-state index is 0.0112. The van der Waals surface area contributed by atoms with Gasteiger partial charge in [0.15, 0.2) is 11.5 Å². The van der Waals surface area contributed by atoms with E-state index >= 15 is 0 Å². The zero-order valence-electron chi connectivity index (χ0n) is 32.9. The van der Waals surface area contributed by atoms with E-state index in [1.807, 2.05) is 40.6 Å². The van der Waals surface area contributed by atoms with E-state index in [9.17, 15) is 14.9 Å². The van der Waals surface area contributed by atoms with Crippen LogP contribution in [0.15, 0.2) is 91.0 Å². The van der Waals surface area contributed by atoms with Gasteiger partial charge in [0.2, 0.25) is 0 Å². The lowest BCUT2D eigenvalue weighted by atomic mass is 9.69. The number of carbonyl (C=O) groups excluding carboxylic acids is 1. The van der Waals surface area contributed by atoms with Gasteiger partial charge in [-0.3, -0.25) is 14.9 Å². The molecule has 0 N–H and O–H groups in total. The van der Waals surface area contributed by atoms with Gasteiger partial charge in [-0.15, -0.1) is 23.5 Å². The maximum atomic E-state index is 14.0. The maximum absolute atomic E-state index is 14.0. The number of rotatable bonds is 16. The van der Waals surface area contributed by atoms with Gasteiger partial charge in [-0.2, -0.15) is 0 Å². The number of carbonyl (C=O) groups is 1. The highest BCUT2D eigenvalue weighted by molar-refractivity contribution is 8.17. The third-order valence-corrected chi connectivity index (χ3v) is 14.0. The Bertz CT molecular complexity index is 2150. The lowest BCUT2D eigenvalue weighted by Crippen LogP contribution is -2.42. The van der Waals surface area contributed by atoms with Crippen molar-refractivity contribution in [1.82, 2.24) is 4.90 Å². The third kappa shape index (κ3) is 8.55. The molecule has 0 aromatic heterocycles. The molecule has 5 aromatic rings. The summed E-state index contributed by atoms with van der Waals surface area (Å²) < 4.78 is 18.6. The van der Waals surface area contributed by atoms with Crippen LogP contribution in [0.3, 0.4) is 0 Å². The van der Waals surface area contributed by atoms with Crippen molar-refractivity contribution >= 4 is 56.7 Å². The molecule has 6 rings (SSSR count). The Morgan fingerprint density at radius 3 is 2.09 bits per heavy atom. The summed E-state index contributed by atoms with van der Waals surface area (Å²) in [5, 5.41) is 17.3. The highest BCUT2D eigenvalue weighted by Crippen LogP contribution is 2.43. The smallest absolute Gasteiger partial charge is 0.286 e. The van der Waals surface area contributed by atoms with Gasteiger partial charge in [-0.05, 0) is 75.2 Å². The molecule has 0 aliphatic carbocycles. The zero-order chi connectivity index (χ0) is 39.3. The van der Waals surface area contributed by atoms with Crippen LogP contribution in [0.2, 0.25) is 0 Å². The minimum atomic E-state index is -0.500. The Hall–Kier alpha value is -4.41. The molecule has 0 unspecified atom stereocenters. The van der Waals surface area contributed by atoms with Crippen LogP contribution in [0.1, 0.15) is 64.7 Å². The second-order valence-electron chi connectivity index (χ2n) is 15.3. The average molecular weight is 781 g/mol. The van der Waals surface area contributed by atoms with Crippen LogP contribution >= 0.6 is 23.5 Å². The number of ether oxygens (including phenoxy) is 3. The second-order valence-corrected chi connectivity index (χ2v) is 18.5. The van der Waals surface area contributed by atoms with Crippen molar-refractivity contribution in [3.05, 3.63) is 107 Å². The molecule has 1 aliphatic heterocycles. The van der Waals surface area contributed by atoms with Crippen molar-refractivity contribution in [2.24, 2.45) is 10.8 Å². The van der Waals surface area contributed by atoms with Gasteiger partial charge in [-0.1, -0.05) is 102 Å². The summed E-state index contributed by atoms with van der Waals surface area (Å²) in [6, 6.07) is 30.3. The zero-order valence-corrected chi connectivity index (χ0v) is 34.6. The number of hydrogen-bond acceptors (Lipinski definition) is 8. The highest BCUT2D eigenvalue weighted by atomic mass is 32.2. The van der Waals surface area contributed by atoms with E-state index in [0.717, 1.165) is 35.7 Å². The summed E-state index contributed by atoms with van der Waals surface area (Å²) in [4.78, 5) is 27.7. The molecule has 0 radical (unpaired) electrons. The molecule has 1 heterocycles. The Morgan fingerprint density at radius 2 is 1.45 bits per heavy atom. The van der Waals surface area contributed by atoms with Gasteiger partial charge in [0.05, 0.1) is 41.9 Å². The Kier molecular flexibility index (Phi) is 12.6. The van der Waals surface area contributed by atoms with Crippen LogP contribution in [0.4, 0.5) is 5.69 Å². The number of nitro benzene ring substituents is 1. The van der Waals surface area contributed by atoms with Gasteiger partial charge in [0, 0.05) is 23.4 Å². The fourth-order valence-electron chi connectivity index (χ4n) is 7.16. The number of nitrogens with zero attached hydrogens (tertiary/aromatic N) is 2. The van der Waals surface area contributed by atoms with Crippen LogP contribution < -0.4 is 14.2 Å². The largest absolute Gasteiger partial charge is 0.493 e. The van der Waals surface area contributed by atoms with E-state index in [2.05, 4.69) is 108 Å². The fourth-order valence-corrected chi connectivity index (χ4v) is 10.0. The van der Waals surface area contributed by atoms with E-state index in [1.54, 1.807) is 0 Å². The van der Waals surface area contributed by atoms with Crippen LogP contribution in [-0.4, -0.2) is 64.7 Å². The van der Waals surface area contributed by atoms with Gasteiger partial charge < -0.3 is 19.1 Å². The molecule has 1 saturated heterocycles. The maximum Gasteiger partial charge on any atom is 0.286 e. The van der Waals surface area contributed by atoms with Crippen LogP contribution in [0.5, 0.6) is 17.2 Å². The molecule has 5 aromatic carbocycles.